The summed E-state index contributed by atoms with van der Waals surface area (Å²) in [7, 11) is -3.85. The summed E-state index contributed by atoms with van der Waals surface area (Å²) >= 11 is 0. The second-order valence-corrected chi connectivity index (χ2v) is 12.2. The van der Waals surface area contributed by atoms with Crippen LogP contribution in [0.4, 0.5) is 5.69 Å². The lowest BCUT2D eigenvalue weighted by Gasteiger charge is -2.34. The van der Waals surface area contributed by atoms with Crippen LogP contribution in [0.25, 0.3) is 10.8 Å². The molecule has 2 unspecified atom stereocenters. The van der Waals surface area contributed by atoms with E-state index < -0.39 is 28.5 Å². The summed E-state index contributed by atoms with van der Waals surface area (Å²) in [5, 5.41) is 4.63. The van der Waals surface area contributed by atoms with Gasteiger partial charge < -0.3 is 10.2 Å². The molecule has 2 atom stereocenters. The monoisotopic (exact) mass is 571 g/mol. The molecular weight excluding hydrogens is 534 g/mol. The summed E-state index contributed by atoms with van der Waals surface area (Å²) in [5.41, 5.74) is 2.16. The number of benzene rings is 4. The molecule has 2 amide bonds. The van der Waals surface area contributed by atoms with E-state index in [2.05, 4.69) is 5.32 Å². The van der Waals surface area contributed by atoms with Gasteiger partial charge in [0.05, 0.1) is 11.9 Å². The molecule has 0 radical (unpaired) electrons. The summed E-state index contributed by atoms with van der Waals surface area (Å²) < 4.78 is 27.4. The SMILES string of the molecule is CCC(C)NC(=O)C(Cc1ccccc1)N(Cc1ccccc1)C(=O)CN(c1cccc2ccccc12)S(C)(=O)=O. The first kappa shape index (κ1) is 29.8. The van der Waals surface area contributed by atoms with Crippen molar-refractivity contribution in [3.05, 3.63) is 114 Å². The van der Waals surface area contributed by atoms with Crippen LogP contribution in [0, 0.1) is 0 Å². The Morgan fingerprint density at radius 3 is 2.02 bits per heavy atom. The van der Waals surface area contributed by atoms with Gasteiger partial charge in [0.1, 0.15) is 12.6 Å². The second-order valence-electron chi connectivity index (χ2n) is 10.3. The Morgan fingerprint density at radius 1 is 0.805 bits per heavy atom. The summed E-state index contributed by atoms with van der Waals surface area (Å²) in [6.45, 7) is 3.62. The standard InChI is InChI=1S/C33H37N3O4S/c1-4-25(2)34-33(38)31(22-26-14-7-5-8-15-26)35(23-27-16-9-6-10-17-27)32(37)24-36(41(3,39)40)30-21-13-19-28-18-11-12-20-29(28)30/h5-21,25,31H,4,22-24H2,1-3H3,(H,34,38). The molecule has 1 N–H and O–H groups in total. The second kappa shape index (κ2) is 13.5. The third-order valence-corrected chi connectivity index (χ3v) is 8.31. The van der Waals surface area contributed by atoms with Gasteiger partial charge in [0, 0.05) is 24.4 Å². The van der Waals surface area contributed by atoms with Gasteiger partial charge in [0.15, 0.2) is 0 Å². The number of sulfonamides is 1. The molecular formula is C33H37N3O4S. The van der Waals surface area contributed by atoms with Crippen LogP contribution in [-0.2, 0) is 32.6 Å². The molecule has 0 aliphatic heterocycles. The van der Waals surface area contributed by atoms with Gasteiger partial charge in [-0.05, 0) is 35.9 Å². The van der Waals surface area contributed by atoms with Gasteiger partial charge in [-0.3, -0.25) is 13.9 Å². The summed E-state index contributed by atoms with van der Waals surface area (Å²) in [5.74, 6) is -0.740. The lowest BCUT2D eigenvalue weighted by molar-refractivity contribution is -0.140. The number of anilines is 1. The number of carbonyl (C=O) groups is 2. The molecule has 0 aliphatic carbocycles. The van der Waals surface area contributed by atoms with Crippen molar-refractivity contribution in [2.24, 2.45) is 0 Å². The van der Waals surface area contributed by atoms with Crippen molar-refractivity contribution in [3.63, 3.8) is 0 Å². The molecule has 41 heavy (non-hydrogen) atoms. The third kappa shape index (κ3) is 7.73. The molecule has 7 nitrogen and oxygen atoms in total. The Balaban J connectivity index is 1.77. The van der Waals surface area contributed by atoms with E-state index in [1.807, 2.05) is 105 Å². The number of carbonyl (C=O) groups excluding carboxylic acids is 2. The molecule has 4 aromatic rings. The zero-order valence-corrected chi connectivity index (χ0v) is 24.6. The Hall–Kier alpha value is -4.17. The largest absolute Gasteiger partial charge is 0.352 e. The van der Waals surface area contributed by atoms with Gasteiger partial charge in [-0.15, -0.1) is 0 Å². The Morgan fingerprint density at radius 2 is 1.39 bits per heavy atom. The number of amides is 2. The molecule has 8 heteroatoms. The van der Waals surface area contributed by atoms with Crippen LogP contribution in [0.2, 0.25) is 0 Å². The van der Waals surface area contributed by atoms with Crippen molar-refractivity contribution >= 4 is 38.3 Å². The molecule has 4 aromatic carbocycles. The predicted molar refractivity (Wildman–Crippen MR) is 165 cm³/mol. The molecule has 0 aliphatic rings. The molecule has 214 valence electrons. The van der Waals surface area contributed by atoms with Gasteiger partial charge in [-0.2, -0.15) is 0 Å². The van der Waals surface area contributed by atoms with E-state index in [4.69, 9.17) is 0 Å². The maximum atomic E-state index is 14.2. The van der Waals surface area contributed by atoms with Gasteiger partial charge >= 0.3 is 0 Å². The first-order valence-corrected chi connectivity index (χ1v) is 15.7. The Labute approximate surface area is 242 Å². The lowest BCUT2D eigenvalue weighted by Crippen LogP contribution is -2.54. The minimum atomic E-state index is -3.85. The van der Waals surface area contributed by atoms with Crippen molar-refractivity contribution in [2.45, 2.75) is 45.3 Å². The van der Waals surface area contributed by atoms with E-state index in [1.165, 1.54) is 4.90 Å². The van der Waals surface area contributed by atoms with E-state index >= 15 is 0 Å². The van der Waals surface area contributed by atoms with Gasteiger partial charge in [0.25, 0.3) is 0 Å². The Kier molecular flexibility index (Phi) is 9.78. The molecule has 0 spiro atoms. The smallest absolute Gasteiger partial charge is 0.244 e. The van der Waals surface area contributed by atoms with Crippen molar-refractivity contribution < 1.29 is 18.0 Å². The van der Waals surface area contributed by atoms with Crippen molar-refractivity contribution in [1.82, 2.24) is 10.2 Å². The molecule has 0 heterocycles. The fourth-order valence-corrected chi connectivity index (χ4v) is 5.66. The lowest BCUT2D eigenvalue weighted by atomic mass is 10.0. The normalized spacial score (nSPS) is 12.9. The highest BCUT2D eigenvalue weighted by Gasteiger charge is 2.33. The zero-order valence-electron chi connectivity index (χ0n) is 23.7. The number of nitrogens with zero attached hydrogens (tertiary/aromatic N) is 2. The van der Waals surface area contributed by atoms with Gasteiger partial charge in [-0.1, -0.05) is 104 Å². The molecule has 0 aromatic heterocycles. The number of hydrogen-bond acceptors (Lipinski definition) is 4. The highest BCUT2D eigenvalue weighted by molar-refractivity contribution is 7.92. The molecule has 4 rings (SSSR count). The number of rotatable bonds is 12. The minimum absolute atomic E-state index is 0.0855. The molecule has 0 saturated carbocycles. The topological polar surface area (TPSA) is 86.8 Å². The number of fused-ring (bicyclic) bond motifs is 1. The number of hydrogen-bond donors (Lipinski definition) is 1. The third-order valence-electron chi connectivity index (χ3n) is 7.18. The number of nitrogens with one attached hydrogen (secondary N) is 1. The first-order valence-electron chi connectivity index (χ1n) is 13.8. The summed E-state index contributed by atoms with van der Waals surface area (Å²) in [6.07, 6.45) is 2.12. The van der Waals surface area contributed by atoms with E-state index in [0.29, 0.717) is 5.69 Å². The highest BCUT2D eigenvalue weighted by Crippen LogP contribution is 2.29. The fraction of sp³-hybridized carbons (Fsp3) is 0.273. The highest BCUT2D eigenvalue weighted by atomic mass is 32.2. The Bertz CT molecular complexity index is 1570. The van der Waals surface area contributed by atoms with Gasteiger partial charge in [0.2, 0.25) is 21.8 Å². The van der Waals surface area contributed by atoms with Crippen LogP contribution in [0.15, 0.2) is 103 Å². The first-order chi connectivity index (χ1) is 19.7. The van der Waals surface area contributed by atoms with Crippen LogP contribution in [0.5, 0.6) is 0 Å². The summed E-state index contributed by atoms with van der Waals surface area (Å²) in [4.78, 5) is 29.5. The minimum Gasteiger partial charge on any atom is -0.352 e. The van der Waals surface area contributed by atoms with Crippen LogP contribution < -0.4 is 9.62 Å². The van der Waals surface area contributed by atoms with E-state index in [-0.39, 0.29) is 24.9 Å². The van der Waals surface area contributed by atoms with E-state index in [0.717, 1.165) is 38.9 Å². The molecule has 0 fully saturated rings. The van der Waals surface area contributed by atoms with Gasteiger partial charge in [-0.25, -0.2) is 8.42 Å². The molecule has 0 saturated heterocycles. The maximum Gasteiger partial charge on any atom is 0.244 e. The van der Waals surface area contributed by atoms with E-state index in [1.54, 1.807) is 12.1 Å². The van der Waals surface area contributed by atoms with Crippen molar-refractivity contribution in [3.8, 4) is 0 Å². The van der Waals surface area contributed by atoms with Crippen LogP contribution in [-0.4, -0.2) is 50.0 Å². The average Bonchev–Trinajstić information content (AvgIpc) is 2.97. The maximum absolute atomic E-state index is 14.2. The summed E-state index contributed by atoms with van der Waals surface area (Å²) in [6, 6.07) is 30.9. The quantitative estimate of drug-likeness (QED) is 0.255. The predicted octanol–water partition coefficient (Wildman–Crippen LogP) is 5.16. The van der Waals surface area contributed by atoms with Crippen LogP contribution >= 0.6 is 0 Å². The zero-order chi connectivity index (χ0) is 29.4. The molecule has 0 bridgehead atoms. The van der Waals surface area contributed by atoms with Crippen molar-refractivity contribution in [2.75, 3.05) is 17.1 Å². The van der Waals surface area contributed by atoms with Crippen LogP contribution in [0.1, 0.15) is 31.4 Å². The fourth-order valence-electron chi connectivity index (χ4n) is 4.80. The van der Waals surface area contributed by atoms with Crippen LogP contribution in [0.3, 0.4) is 0 Å². The van der Waals surface area contributed by atoms with E-state index in [9.17, 15) is 18.0 Å². The average molecular weight is 572 g/mol. The van der Waals surface area contributed by atoms with Crippen molar-refractivity contribution in [1.29, 1.82) is 0 Å².